The van der Waals surface area contributed by atoms with Crippen molar-refractivity contribution >= 4 is 27.7 Å². The van der Waals surface area contributed by atoms with E-state index in [9.17, 15) is 13.2 Å². The van der Waals surface area contributed by atoms with E-state index < -0.39 is 22.5 Å². The molecule has 0 saturated heterocycles. The fourth-order valence-corrected chi connectivity index (χ4v) is 4.21. The van der Waals surface area contributed by atoms with E-state index >= 15 is 0 Å². The molecule has 0 unspecified atom stereocenters. The van der Waals surface area contributed by atoms with Crippen LogP contribution in [0, 0.1) is 0 Å². The molecule has 0 radical (unpaired) electrons. The Morgan fingerprint density at radius 3 is 2.53 bits per heavy atom. The zero-order valence-electron chi connectivity index (χ0n) is 17.1. The first-order chi connectivity index (χ1) is 15.5. The standard InChI is InChI=1S/C23H22N2O6S/c26-23(24-19-8-9-21-22(15-19)31-13-12-30-21)17-25(16-20-7-4-11-29-20)32(27,28)14-10-18-5-2-1-3-6-18/h1-11,14-15H,12-13,16-17H2,(H,24,26). The van der Waals surface area contributed by atoms with Gasteiger partial charge in [0.05, 0.1) is 19.4 Å². The van der Waals surface area contributed by atoms with Crippen LogP contribution in [0.25, 0.3) is 6.08 Å². The molecule has 9 heteroatoms. The SMILES string of the molecule is O=C(CN(Cc1ccco1)S(=O)(=O)C=Cc1ccccc1)Nc1ccc2c(c1)OCCO2. The van der Waals surface area contributed by atoms with Crippen molar-refractivity contribution < 1.29 is 27.1 Å². The average molecular weight is 455 g/mol. The fraction of sp³-hybridized carbons (Fsp3) is 0.174. The smallest absolute Gasteiger partial charge is 0.239 e. The minimum Gasteiger partial charge on any atom is -0.486 e. The number of fused-ring (bicyclic) bond motifs is 1. The molecule has 1 aliphatic heterocycles. The molecule has 0 spiro atoms. The Bertz CT molecular complexity index is 1190. The first-order valence-corrected chi connectivity index (χ1v) is 11.5. The molecular weight excluding hydrogens is 432 g/mol. The summed E-state index contributed by atoms with van der Waals surface area (Å²) in [6, 6.07) is 17.4. The highest BCUT2D eigenvalue weighted by atomic mass is 32.2. The minimum atomic E-state index is -3.91. The molecule has 8 nitrogen and oxygen atoms in total. The van der Waals surface area contributed by atoms with Crippen molar-refractivity contribution in [2.24, 2.45) is 0 Å². The van der Waals surface area contributed by atoms with E-state index in [1.807, 2.05) is 18.2 Å². The molecule has 4 rings (SSSR count). The van der Waals surface area contributed by atoms with Crippen LogP contribution in [0.1, 0.15) is 11.3 Å². The van der Waals surface area contributed by atoms with E-state index in [2.05, 4.69) is 5.32 Å². The van der Waals surface area contributed by atoms with Crippen LogP contribution in [-0.2, 0) is 21.4 Å². The largest absolute Gasteiger partial charge is 0.486 e. The minimum absolute atomic E-state index is 0.0803. The van der Waals surface area contributed by atoms with Gasteiger partial charge in [0.25, 0.3) is 0 Å². The number of benzene rings is 2. The summed E-state index contributed by atoms with van der Waals surface area (Å²) in [5.74, 6) is 1.06. The lowest BCUT2D eigenvalue weighted by Gasteiger charge is -2.20. The molecule has 3 aromatic rings. The molecule has 0 bridgehead atoms. The highest BCUT2D eigenvalue weighted by Crippen LogP contribution is 2.32. The monoisotopic (exact) mass is 454 g/mol. The average Bonchev–Trinajstić information content (AvgIpc) is 3.31. The van der Waals surface area contributed by atoms with Crippen LogP contribution >= 0.6 is 0 Å². The van der Waals surface area contributed by atoms with Crippen molar-refractivity contribution in [1.82, 2.24) is 4.31 Å². The second-order valence-electron chi connectivity index (χ2n) is 7.01. The summed E-state index contributed by atoms with van der Waals surface area (Å²) in [6.07, 6.45) is 2.94. The highest BCUT2D eigenvalue weighted by Gasteiger charge is 2.24. The summed E-state index contributed by atoms with van der Waals surface area (Å²) >= 11 is 0. The van der Waals surface area contributed by atoms with Crippen LogP contribution in [0.2, 0.25) is 0 Å². The zero-order chi connectivity index (χ0) is 22.4. The predicted molar refractivity (Wildman–Crippen MR) is 120 cm³/mol. The summed E-state index contributed by atoms with van der Waals surface area (Å²) in [5.41, 5.74) is 1.21. The quantitative estimate of drug-likeness (QED) is 0.560. The Hall–Kier alpha value is -3.56. The summed E-state index contributed by atoms with van der Waals surface area (Å²) in [6.45, 7) is 0.418. The van der Waals surface area contributed by atoms with E-state index in [1.54, 1.807) is 42.5 Å². The molecular formula is C23H22N2O6S. The van der Waals surface area contributed by atoms with E-state index in [0.717, 1.165) is 15.3 Å². The number of furan rings is 1. The number of amides is 1. The number of nitrogens with one attached hydrogen (secondary N) is 1. The summed E-state index contributed by atoms with van der Waals surface area (Å²) < 4.78 is 43.3. The number of hydrogen-bond acceptors (Lipinski definition) is 6. The van der Waals surface area contributed by atoms with Gasteiger partial charge in [0, 0.05) is 17.2 Å². The molecule has 2 heterocycles. The van der Waals surface area contributed by atoms with Gasteiger partial charge in [0.1, 0.15) is 19.0 Å². The Kier molecular flexibility index (Phi) is 6.58. The Balaban J connectivity index is 1.50. The second-order valence-corrected chi connectivity index (χ2v) is 8.83. The summed E-state index contributed by atoms with van der Waals surface area (Å²) in [4.78, 5) is 12.7. The first-order valence-electron chi connectivity index (χ1n) is 9.95. The van der Waals surface area contributed by atoms with Crippen LogP contribution in [0.5, 0.6) is 11.5 Å². The molecule has 1 amide bonds. The van der Waals surface area contributed by atoms with E-state index in [4.69, 9.17) is 13.9 Å². The molecule has 1 aliphatic rings. The van der Waals surface area contributed by atoms with Crippen LogP contribution in [0.3, 0.4) is 0 Å². The second kappa shape index (κ2) is 9.71. The highest BCUT2D eigenvalue weighted by molar-refractivity contribution is 7.92. The third kappa shape index (κ3) is 5.57. The number of hydrogen-bond donors (Lipinski definition) is 1. The maximum atomic E-state index is 13.0. The van der Waals surface area contributed by atoms with E-state index in [1.165, 1.54) is 12.3 Å². The molecule has 166 valence electrons. The summed E-state index contributed by atoms with van der Waals surface area (Å²) in [7, 11) is -3.91. The lowest BCUT2D eigenvalue weighted by Crippen LogP contribution is -2.36. The topological polar surface area (TPSA) is 98.1 Å². The van der Waals surface area contributed by atoms with Crippen molar-refractivity contribution in [2.75, 3.05) is 25.1 Å². The number of anilines is 1. The van der Waals surface area contributed by atoms with Crippen molar-refractivity contribution in [3.63, 3.8) is 0 Å². The number of rotatable bonds is 8. The lowest BCUT2D eigenvalue weighted by molar-refractivity contribution is -0.116. The van der Waals surface area contributed by atoms with E-state index in [0.29, 0.717) is 36.2 Å². The molecule has 0 atom stereocenters. The normalized spacial score (nSPS) is 13.4. The van der Waals surface area contributed by atoms with Crippen molar-refractivity contribution in [2.45, 2.75) is 6.54 Å². The van der Waals surface area contributed by atoms with Gasteiger partial charge in [-0.05, 0) is 35.9 Å². The van der Waals surface area contributed by atoms with Gasteiger partial charge in [-0.1, -0.05) is 30.3 Å². The zero-order valence-corrected chi connectivity index (χ0v) is 18.0. The predicted octanol–water partition coefficient (Wildman–Crippen LogP) is 3.49. The van der Waals surface area contributed by atoms with Crippen molar-refractivity contribution in [3.05, 3.63) is 83.7 Å². The molecule has 0 aliphatic carbocycles. The summed E-state index contributed by atoms with van der Waals surface area (Å²) in [5, 5.41) is 3.80. The number of carbonyl (C=O) groups is 1. The number of carbonyl (C=O) groups excluding carboxylic acids is 1. The molecule has 0 fully saturated rings. The van der Waals surface area contributed by atoms with Crippen LogP contribution in [-0.4, -0.2) is 38.4 Å². The Morgan fingerprint density at radius 1 is 1.00 bits per heavy atom. The van der Waals surface area contributed by atoms with Crippen LogP contribution < -0.4 is 14.8 Å². The van der Waals surface area contributed by atoms with Gasteiger partial charge in [-0.3, -0.25) is 4.79 Å². The van der Waals surface area contributed by atoms with Gasteiger partial charge in [-0.2, -0.15) is 4.31 Å². The van der Waals surface area contributed by atoms with Crippen molar-refractivity contribution in [1.29, 1.82) is 0 Å². The van der Waals surface area contributed by atoms with Gasteiger partial charge in [-0.25, -0.2) is 8.42 Å². The molecule has 32 heavy (non-hydrogen) atoms. The number of sulfonamides is 1. The van der Waals surface area contributed by atoms with Crippen molar-refractivity contribution in [3.8, 4) is 11.5 Å². The third-order valence-corrected chi connectivity index (χ3v) is 6.11. The lowest BCUT2D eigenvalue weighted by atomic mass is 10.2. The number of nitrogens with zero attached hydrogens (tertiary/aromatic N) is 1. The van der Waals surface area contributed by atoms with Crippen LogP contribution in [0.4, 0.5) is 5.69 Å². The van der Waals surface area contributed by atoms with Gasteiger partial charge in [0.2, 0.25) is 15.9 Å². The first kappa shape index (κ1) is 21.7. The Morgan fingerprint density at radius 2 is 1.78 bits per heavy atom. The van der Waals surface area contributed by atoms with Gasteiger partial charge in [-0.15, -0.1) is 0 Å². The Labute approximate surface area is 186 Å². The van der Waals surface area contributed by atoms with Crippen LogP contribution in [0.15, 0.2) is 76.8 Å². The number of ether oxygens (including phenoxy) is 2. The van der Waals surface area contributed by atoms with Gasteiger partial charge < -0.3 is 19.2 Å². The third-order valence-electron chi connectivity index (χ3n) is 4.65. The molecule has 0 saturated carbocycles. The fourth-order valence-electron chi connectivity index (χ4n) is 3.11. The maximum absolute atomic E-state index is 13.0. The maximum Gasteiger partial charge on any atom is 0.239 e. The van der Waals surface area contributed by atoms with Gasteiger partial charge in [0.15, 0.2) is 11.5 Å². The molecule has 1 aromatic heterocycles. The molecule has 2 aromatic carbocycles. The molecule has 1 N–H and O–H groups in total. The van der Waals surface area contributed by atoms with E-state index in [-0.39, 0.29) is 6.54 Å². The van der Waals surface area contributed by atoms with Gasteiger partial charge >= 0.3 is 0 Å².